The molecule has 0 spiro atoms. The van der Waals surface area contributed by atoms with Crippen molar-refractivity contribution in [3.05, 3.63) is 28.8 Å². The van der Waals surface area contributed by atoms with Crippen LogP contribution in [-0.4, -0.2) is 30.8 Å². The number of halogens is 1. The third-order valence-corrected chi connectivity index (χ3v) is 2.54. The number of carbonyl (C=O) groups excluding carboxylic acids is 1. The Kier molecular flexibility index (Phi) is 6.54. The zero-order valence-electron chi connectivity index (χ0n) is 10.4. The van der Waals surface area contributed by atoms with Gasteiger partial charge in [0, 0.05) is 24.8 Å². The summed E-state index contributed by atoms with van der Waals surface area (Å²) < 4.78 is 5.29. The zero-order chi connectivity index (χ0) is 13.4. The van der Waals surface area contributed by atoms with Crippen molar-refractivity contribution >= 4 is 17.5 Å². The molecule has 0 fully saturated rings. The average Bonchev–Trinajstić information content (AvgIpc) is 2.36. The largest absolute Gasteiger partial charge is 0.507 e. The van der Waals surface area contributed by atoms with Gasteiger partial charge in [-0.3, -0.25) is 4.79 Å². The highest BCUT2D eigenvalue weighted by atomic mass is 35.5. The maximum atomic E-state index is 11.7. The van der Waals surface area contributed by atoms with Crippen LogP contribution in [-0.2, 0) is 4.74 Å². The lowest BCUT2D eigenvalue weighted by atomic mass is 10.2. The van der Waals surface area contributed by atoms with Gasteiger partial charge in [0.05, 0.1) is 5.56 Å². The Hall–Kier alpha value is -1.26. The fourth-order valence-electron chi connectivity index (χ4n) is 1.41. The predicted molar refractivity (Wildman–Crippen MR) is 71.2 cm³/mol. The molecule has 1 aromatic rings. The number of carbonyl (C=O) groups is 1. The van der Waals surface area contributed by atoms with E-state index in [1.165, 1.54) is 18.2 Å². The molecule has 0 saturated carbocycles. The van der Waals surface area contributed by atoms with E-state index in [1.807, 2.05) is 6.92 Å². The average molecular weight is 272 g/mol. The summed E-state index contributed by atoms with van der Waals surface area (Å²) in [5.74, 6) is -0.398. The van der Waals surface area contributed by atoms with Crippen LogP contribution in [0.3, 0.4) is 0 Å². The molecular weight excluding hydrogens is 254 g/mol. The molecule has 0 aromatic heterocycles. The first kappa shape index (κ1) is 14.8. The number of hydrogen-bond acceptors (Lipinski definition) is 3. The monoisotopic (exact) mass is 271 g/mol. The first-order valence-electron chi connectivity index (χ1n) is 5.99. The fourth-order valence-corrected chi connectivity index (χ4v) is 1.58. The Morgan fingerprint density at radius 3 is 2.94 bits per heavy atom. The second-order valence-electron chi connectivity index (χ2n) is 3.88. The quantitative estimate of drug-likeness (QED) is 0.750. The van der Waals surface area contributed by atoms with Crippen LogP contribution in [0, 0.1) is 0 Å². The number of hydrogen-bond donors (Lipinski definition) is 2. The Bertz CT molecular complexity index is 396. The van der Waals surface area contributed by atoms with E-state index in [4.69, 9.17) is 16.3 Å². The molecule has 0 aliphatic carbocycles. The van der Waals surface area contributed by atoms with Crippen molar-refractivity contribution < 1.29 is 14.6 Å². The molecule has 100 valence electrons. The summed E-state index contributed by atoms with van der Waals surface area (Å²) in [6.45, 7) is 3.91. The molecule has 0 bridgehead atoms. The summed E-state index contributed by atoms with van der Waals surface area (Å²) in [7, 11) is 0. The summed E-state index contributed by atoms with van der Waals surface area (Å²) >= 11 is 5.77. The molecule has 18 heavy (non-hydrogen) atoms. The molecule has 0 aliphatic rings. The molecule has 0 radical (unpaired) electrons. The van der Waals surface area contributed by atoms with Crippen molar-refractivity contribution in [3.8, 4) is 5.75 Å². The summed E-state index contributed by atoms with van der Waals surface area (Å²) in [5.41, 5.74) is 0.192. The lowest BCUT2D eigenvalue weighted by Gasteiger charge is -2.07. The standard InChI is InChI=1S/C13H18ClNO3/c1-2-7-18-8-3-6-15-13(17)11-9-10(14)4-5-12(11)16/h4-5,9,16H,2-3,6-8H2,1H3,(H,15,17). The third-order valence-electron chi connectivity index (χ3n) is 2.30. The van der Waals surface area contributed by atoms with Crippen molar-refractivity contribution in [1.82, 2.24) is 5.32 Å². The van der Waals surface area contributed by atoms with Crippen molar-refractivity contribution in [3.63, 3.8) is 0 Å². The van der Waals surface area contributed by atoms with Crippen molar-refractivity contribution in [1.29, 1.82) is 0 Å². The Balaban J connectivity index is 2.34. The smallest absolute Gasteiger partial charge is 0.255 e. The second-order valence-corrected chi connectivity index (χ2v) is 4.32. The molecule has 2 N–H and O–H groups in total. The zero-order valence-corrected chi connectivity index (χ0v) is 11.2. The lowest BCUT2D eigenvalue weighted by molar-refractivity contribution is 0.0939. The molecule has 0 heterocycles. The molecule has 0 saturated heterocycles. The molecule has 1 aromatic carbocycles. The molecule has 0 atom stereocenters. The molecular formula is C13H18ClNO3. The molecule has 1 rings (SSSR count). The van der Waals surface area contributed by atoms with E-state index in [9.17, 15) is 9.90 Å². The van der Waals surface area contributed by atoms with Gasteiger partial charge in [-0.1, -0.05) is 18.5 Å². The van der Waals surface area contributed by atoms with E-state index in [1.54, 1.807) is 0 Å². The van der Waals surface area contributed by atoms with Gasteiger partial charge in [0.15, 0.2) is 0 Å². The van der Waals surface area contributed by atoms with Crippen LogP contribution in [0.2, 0.25) is 5.02 Å². The lowest BCUT2D eigenvalue weighted by Crippen LogP contribution is -2.25. The van der Waals surface area contributed by atoms with Crippen molar-refractivity contribution in [2.45, 2.75) is 19.8 Å². The van der Waals surface area contributed by atoms with E-state index in [2.05, 4.69) is 5.32 Å². The van der Waals surface area contributed by atoms with Gasteiger partial charge in [-0.25, -0.2) is 0 Å². The number of benzene rings is 1. The van der Waals surface area contributed by atoms with Crippen LogP contribution in [0.15, 0.2) is 18.2 Å². The van der Waals surface area contributed by atoms with Crippen molar-refractivity contribution in [2.24, 2.45) is 0 Å². The summed E-state index contributed by atoms with van der Waals surface area (Å²) in [6, 6.07) is 4.38. The van der Waals surface area contributed by atoms with E-state index < -0.39 is 0 Å². The van der Waals surface area contributed by atoms with Gasteiger partial charge in [-0.2, -0.15) is 0 Å². The topological polar surface area (TPSA) is 58.6 Å². The maximum Gasteiger partial charge on any atom is 0.255 e. The second kappa shape index (κ2) is 7.95. The Morgan fingerprint density at radius 2 is 2.22 bits per heavy atom. The summed E-state index contributed by atoms with van der Waals surface area (Å²) in [6.07, 6.45) is 1.73. The van der Waals surface area contributed by atoms with Gasteiger partial charge in [0.1, 0.15) is 5.75 Å². The molecule has 0 aliphatic heterocycles. The van der Waals surface area contributed by atoms with Gasteiger partial charge >= 0.3 is 0 Å². The SMILES string of the molecule is CCCOCCCNC(=O)c1cc(Cl)ccc1O. The number of rotatable bonds is 7. The van der Waals surface area contributed by atoms with Gasteiger partial charge in [0.2, 0.25) is 0 Å². The van der Waals surface area contributed by atoms with Gasteiger partial charge < -0.3 is 15.2 Å². The minimum Gasteiger partial charge on any atom is -0.507 e. The van der Waals surface area contributed by atoms with E-state index in [0.717, 1.165) is 19.4 Å². The highest BCUT2D eigenvalue weighted by Gasteiger charge is 2.10. The Labute approximate surface area is 112 Å². The van der Waals surface area contributed by atoms with E-state index >= 15 is 0 Å². The van der Waals surface area contributed by atoms with Crippen LogP contribution in [0.5, 0.6) is 5.75 Å². The van der Waals surface area contributed by atoms with Gasteiger partial charge in [-0.05, 0) is 31.0 Å². The molecule has 5 heteroatoms. The van der Waals surface area contributed by atoms with Gasteiger partial charge in [-0.15, -0.1) is 0 Å². The normalized spacial score (nSPS) is 10.3. The predicted octanol–water partition coefficient (Wildman–Crippen LogP) is 2.59. The van der Waals surface area contributed by atoms with Crippen LogP contribution < -0.4 is 5.32 Å². The summed E-state index contributed by atoms with van der Waals surface area (Å²) in [5, 5.41) is 12.7. The van der Waals surface area contributed by atoms with Crippen molar-refractivity contribution in [2.75, 3.05) is 19.8 Å². The number of phenolic OH excluding ortho intramolecular Hbond substituents is 1. The number of phenols is 1. The molecule has 4 nitrogen and oxygen atoms in total. The number of amides is 1. The maximum absolute atomic E-state index is 11.7. The van der Waals surface area contributed by atoms with E-state index in [-0.39, 0.29) is 17.2 Å². The highest BCUT2D eigenvalue weighted by Crippen LogP contribution is 2.21. The number of aromatic hydroxyl groups is 1. The van der Waals surface area contributed by atoms with Gasteiger partial charge in [0.25, 0.3) is 5.91 Å². The summed E-state index contributed by atoms with van der Waals surface area (Å²) in [4.78, 5) is 11.7. The first-order valence-corrected chi connectivity index (χ1v) is 6.37. The van der Waals surface area contributed by atoms with Crippen LogP contribution in [0.25, 0.3) is 0 Å². The molecule has 1 amide bonds. The first-order chi connectivity index (χ1) is 8.65. The van der Waals surface area contributed by atoms with Crippen LogP contribution in [0.1, 0.15) is 30.1 Å². The number of nitrogens with one attached hydrogen (secondary N) is 1. The highest BCUT2D eigenvalue weighted by molar-refractivity contribution is 6.31. The van der Waals surface area contributed by atoms with Crippen LogP contribution in [0.4, 0.5) is 0 Å². The van der Waals surface area contributed by atoms with E-state index in [0.29, 0.717) is 18.2 Å². The number of ether oxygens (including phenoxy) is 1. The Morgan fingerprint density at radius 1 is 1.44 bits per heavy atom. The van der Waals surface area contributed by atoms with Crippen LogP contribution >= 0.6 is 11.6 Å². The fraction of sp³-hybridized carbons (Fsp3) is 0.462. The molecule has 0 unspecified atom stereocenters. The third kappa shape index (κ3) is 4.94. The minimum absolute atomic E-state index is 0.0702. The minimum atomic E-state index is -0.328.